The fraction of sp³-hybridized carbons (Fsp3) is 0.286. The summed E-state index contributed by atoms with van der Waals surface area (Å²) in [6.07, 6.45) is 3.45. The minimum absolute atomic E-state index is 0.161. The Morgan fingerprint density at radius 3 is 2.53 bits per heavy atom. The Hall–Kier alpha value is -2.30. The highest BCUT2D eigenvalue weighted by molar-refractivity contribution is 6.04. The van der Waals surface area contributed by atoms with Gasteiger partial charge in [0.15, 0.2) is 0 Å². The average Bonchev–Trinajstić information content (AvgIpc) is 2.87. The topological polar surface area (TPSA) is 56.1 Å². The predicted molar refractivity (Wildman–Crippen MR) is 73.6 cm³/mol. The lowest BCUT2D eigenvalue weighted by atomic mass is 10.2. The summed E-state index contributed by atoms with van der Waals surface area (Å²) in [7, 11) is 1.59. The summed E-state index contributed by atoms with van der Waals surface area (Å²) in [5.74, 6) is 0.565. The minimum Gasteiger partial charge on any atom is -0.497 e. The molecule has 1 heterocycles. The SMILES string of the molecule is COc1ccc(C(=O)Nc2cnn(C(C)C)c2)cc1. The van der Waals surface area contributed by atoms with Crippen LogP contribution in [0.3, 0.4) is 0 Å². The molecule has 1 aromatic carbocycles. The number of carbonyl (C=O) groups is 1. The number of benzene rings is 1. The third kappa shape index (κ3) is 3.13. The molecule has 0 atom stereocenters. The highest BCUT2D eigenvalue weighted by atomic mass is 16.5. The minimum atomic E-state index is -0.161. The van der Waals surface area contributed by atoms with E-state index in [1.165, 1.54) is 0 Å². The third-order valence-electron chi connectivity index (χ3n) is 2.74. The molecular weight excluding hydrogens is 242 g/mol. The van der Waals surface area contributed by atoms with Gasteiger partial charge in [0.2, 0.25) is 0 Å². The van der Waals surface area contributed by atoms with Gasteiger partial charge in [-0.05, 0) is 38.1 Å². The number of nitrogens with zero attached hydrogens (tertiary/aromatic N) is 2. The van der Waals surface area contributed by atoms with Gasteiger partial charge in [-0.1, -0.05) is 0 Å². The summed E-state index contributed by atoms with van der Waals surface area (Å²) in [6.45, 7) is 4.06. The highest BCUT2D eigenvalue weighted by Gasteiger charge is 2.08. The van der Waals surface area contributed by atoms with Crippen LogP contribution in [0.1, 0.15) is 30.2 Å². The summed E-state index contributed by atoms with van der Waals surface area (Å²) < 4.78 is 6.85. The van der Waals surface area contributed by atoms with Gasteiger partial charge >= 0.3 is 0 Å². The summed E-state index contributed by atoms with van der Waals surface area (Å²) in [5, 5.41) is 6.98. The number of carbonyl (C=O) groups excluding carboxylic acids is 1. The van der Waals surface area contributed by atoms with Crippen molar-refractivity contribution < 1.29 is 9.53 Å². The molecule has 19 heavy (non-hydrogen) atoms. The van der Waals surface area contributed by atoms with Crippen LogP contribution in [-0.2, 0) is 0 Å². The van der Waals surface area contributed by atoms with Gasteiger partial charge in [-0.2, -0.15) is 5.10 Å². The molecule has 0 aliphatic heterocycles. The van der Waals surface area contributed by atoms with Crippen molar-refractivity contribution in [1.29, 1.82) is 0 Å². The molecule has 1 aromatic heterocycles. The van der Waals surface area contributed by atoms with Crippen molar-refractivity contribution in [3.8, 4) is 5.75 Å². The second-order valence-corrected chi connectivity index (χ2v) is 4.49. The van der Waals surface area contributed by atoms with Gasteiger partial charge in [0.25, 0.3) is 5.91 Å². The van der Waals surface area contributed by atoms with E-state index >= 15 is 0 Å². The van der Waals surface area contributed by atoms with E-state index in [2.05, 4.69) is 10.4 Å². The molecule has 5 heteroatoms. The second-order valence-electron chi connectivity index (χ2n) is 4.49. The summed E-state index contributed by atoms with van der Waals surface area (Å²) in [4.78, 5) is 12.0. The number of aromatic nitrogens is 2. The molecule has 0 saturated carbocycles. The van der Waals surface area contributed by atoms with Crippen LogP contribution in [0.15, 0.2) is 36.7 Å². The Kier molecular flexibility index (Phi) is 3.85. The normalized spacial score (nSPS) is 10.5. The second kappa shape index (κ2) is 5.56. The van der Waals surface area contributed by atoms with E-state index in [9.17, 15) is 4.79 Å². The highest BCUT2D eigenvalue weighted by Crippen LogP contribution is 2.14. The first-order chi connectivity index (χ1) is 9.10. The van der Waals surface area contributed by atoms with Crippen LogP contribution in [0.4, 0.5) is 5.69 Å². The lowest BCUT2D eigenvalue weighted by molar-refractivity contribution is 0.102. The van der Waals surface area contributed by atoms with Crippen LogP contribution in [0, 0.1) is 0 Å². The van der Waals surface area contributed by atoms with Crippen LogP contribution < -0.4 is 10.1 Å². The number of amides is 1. The molecule has 0 unspecified atom stereocenters. The molecule has 2 aromatic rings. The van der Waals surface area contributed by atoms with E-state index in [0.29, 0.717) is 11.3 Å². The third-order valence-corrected chi connectivity index (χ3v) is 2.74. The van der Waals surface area contributed by atoms with Gasteiger partial charge in [-0.25, -0.2) is 0 Å². The first-order valence-electron chi connectivity index (χ1n) is 6.09. The van der Waals surface area contributed by atoms with Gasteiger partial charge < -0.3 is 10.1 Å². The standard InChI is InChI=1S/C14H17N3O2/c1-10(2)17-9-12(8-15-17)16-14(18)11-4-6-13(19-3)7-5-11/h4-10H,1-3H3,(H,16,18). The number of nitrogens with one attached hydrogen (secondary N) is 1. The van der Waals surface area contributed by atoms with Crippen LogP contribution in [0.2, 0.25) is 0 Å². The smallest absolute Gasteiger partial charge is 0.255 e. The molecule has 0 spiro atoms. The number of anilines is 1. The lowest BCUT2D eigenvalue weighted by Gasteiger charge is -2.05. The van der Waals surface area contributed by atoms with Crippen molar-refractivity contribution >= 4 is 11.6 Å². The van der Waals surface area contributed by atoms with Gasteiger partial charge in [0.1, 0.15) is 5.75 Å². The zero-order chi connectivity index (χ0) is 13.8. The van der Waals surface area contributed by atoms with E-state index < -0.39 is 0 Å². The number of hydrogen-bond donors (Lipinski definition) is 1. The fourth-order valence-electron chi connectivity index (χ4n) is 1.63. The van der Waals surface area contributed by atoms with E-state index in [0.717, 1.165) is 5.75 Å². The van der Waals surface area contributed by atoms with Crippen molar-refractivity contribution in [3.05, 3.63) is 42.2 Å². The van der Waals surface area contributed by atoms with Crippen LogP contribution in [0.5, 0.6) is 5.75 Å². The molecule has 0 bridgehead atoms. The van der Waals surface area contributed by atoms with E-state index in [-0.39, 0.29) is 11.9 Å². The van der Waals surface area contributed by atoms with E-state index in [1.54, 1.807) is 42.3 Å². The van der Waals surface area contributed by atoms with Crippen molar-refractivity contribution in [1.82, 2.24) is 9.78 Å². The van der Waals surface area contributed by atoms with Crippen LogP contribution >= 0.6 is 0 Å². The van der Waals surface area contributed by atoms with Crippen molar-refractivity contribution in [2.75, 3.05) is 12.4 Å². The quantitative estimate of drug-likeness (QED) is 0.918. The first kappa shape index (κ1) is 13.1. The average molecular weight is 259 g/mol. The summed E-state index contributed by atoms with van der Waals surface area (Å²) in [5.41, 5.74) is 1.27. The lowest BCUT2D eigenvalue weighted by Crippen LogP contribution is -2.11. The van der Waals surface area contributed by atoms with Gasteiger partial charge in [-0.3, -0.25) is 9.48 Å². The molecule has 0 aliphatic carbocycles. The summed E-state index contributed by atoms with van der Waals surface area (Å²) >= 11 is 0. The van der Waals surface area contributed by atoms with Gasteiger partial charge in [-0.15, -0.1) is 0 Å². The monoisotopic (exact) mass is 259 g/mol. The maximum absolute atomic E-state index is 12.0. The molecule has 1 N–H and O–H groups in total. The van der Waals surface area contributed by atoms with Crippen molar-refractivity contribution in [3.63, 3.8) is 0 Å². The molecule has 100 valence electrons. The fourth-order valence-corrected chi connectivity index (χ4v) is 1.63. The Bertz CT molecular complexity index is 558. The van der Waals surface area contributed by atoms with Gasteiger partial charge in [0.05, 0.1) is 19.0 Å². The predicted octanol–water partition coefficient (Wildman–Crippen LogP) is 2.72. The largest absolute Gasteiger partial charge is 0.497 e. The molecule has 0 saturated heterocycles. The molecule has 1 amide bonds. The number of hydrogen-bond acceptors (Lipinski definition) is 3. The Morgan fingerprint density at radius 2 is 2.00 bits per heavy atom. The Balaban J connectivity index is 2.06. The number of rotatable bonds is 4. The Morgan fingerprint density at radius 1 is 1.32 bits per heavy atom. The Labute approximate surface area is 112 Å². The number of methoxy groups -OCH3 is 1. The van der Waals surface area contributed by atoms with Crippen molar-refractivity contribution in [2.45, 2.75) is 19.9 Å². The van der Waals surface area contributed by atoms with Gasteiger partial charge in [0, 0.05) is 17.8 Å². The maximum atomic E-state index is 12.0. The molecular formula is C14H17N3O2. The van der Waals surface area contributed by atoms with Crippen LogP contribution in [-0.4, -0.2) is 22.8 Å². The molecule has 0 radical (unpaired) electrons. The molecule has 5 nitrogen and oxygen atoms in total. The molecule has 0 aliphatic rings. The summed E-state index contributed by atoms with van der Waals surface area (Å²) in [6, 6.07) is 7.23. The van der Waals surface area contributed by atoms with Crippen LogP contribution in [0.25, 0.3) is 0 Å². The zero-order valence-corrected chi connectivity index (χ0v) is 11.3. The van der Waals surface area contributed by atoms with E-state index in [1.807, 2.05) is 20.0 Å². The van der Waals surface area contributed by atoms with E-state index in [4.69, 9.17) is 4.74 Å². The first-order valence-corrected chi connectivity index (χ1v) is 6.09. The number of ether oxygens (including phenoxy) is 1. The van der Waals surface area contributed by atoms with Crippen molar-refractivity contribution in [2.24, 2.45) is 0 Å². The molecule has 2 rings (SSSR count). The zero-order valence-electron chi connectivity index (χ0n) is 11.3. The maximum Gasteiger partial charge on any atom is 0.255 e. The molecule has 0 fully saturated rings.